The largest absolute Gasteiger partial charge is 0.416 e. The number of thioether (sulfide) groups is 1. The van der Waals surface area contributed by atoms with Crippen LogP contribution in [0.4, 0.5) is 13.2 Å². The smallest absolute Gasteiger partial charge is 0.388 e. The fourth-order valence-electron chi connectivity index (χ4n) is 2.08. The van der Waals surface area contributed by atoms with E-state index in [0.29, 0.717) is 10.6 Å². The van der Waals surface area contributed by atoms with Gasteiger partial charge in [0, 0.05) is 11.8 Å². The molecular formula is C16H9Cl2F3N6S. The van der Waals surface area contributed by atoms with Gasteiger partial charge in [-0.25, -0.2) is 9.67 Å². The molecule has 0 aliphatic carbocycles. The predicted octanol–water partition coefficient (Wildman–Crippen LogP) is 4.56. The molecular weight excluding hydrogens is 436 g/mol. The zero-order valence-electron chi connectivity index (χ0n) is 13.9. The number of rotatable bonds is 4. The van der Waals surface area contributed by atoms with E-state index in [1.54, 1.807) is 18.4 Å². The normalized spacial score (nSPS) is 12.6. The molecule has 0 saturated carbocycles. The van der Waals surface area contributed by atoms with Gasteiger partial charge >= 0.3 is 6.18 Å². The molecule has 0 atom stereocenters. The van der Waals surface area contributed by atoms with Crippen molar-refractivity contribution in [1.82, 2.24) is 9.78 Å². The molecule has 144 valence electrons. The van der Waals surface area contributed by atoms with E-state index in [9.17, 15) is 13.2 Å². The van der Waals surface area contributed by atoms with Gasteiger partial charge in [-0.2, -0.15) is 28.8 Å². The lowest BCUT2D eigenvalue weighted by molar-refractivity contribution is -0.137. The Labute approximate surface area is 171 Å². The number of alkyl halides is 3. The van der Waals surface area contributed by atoms with E-state index in [4.69, 9.17) is 39.5 Å². The Morgan fingerprint density at radius 1 is 1.29 bits per heavy atom. The Morgan fingerprint density at radius 3 is 2.36 bits per heavy atom. The van der Waals surface area contributed by atoms with Crippen LogP contribution in [-0.4, -0.2) is 22.3 Å². The first-order valence-electron chi connectivity index (χ1n) is 7.16. The predicted molar refractivity (Wildman–Crippen MR) is 100 cm³/mol. The molecule has 0 bridgehead atoms. The number of hydrogen-bond donors (Lipinski definition) is 1. The van der Waals surface area contributed by atoms with Crippen molar-refractivity contribution in [1.29, 1.82) is 10.5 Å². The Balaban J connectivity index is 2.57. The number of aliphatic imine (C=N–C) groups is 1. The molecule has 12 heteroatoms. The lowest BCUT2D eigenvalue weighted by atomic mass is 10.2. The maximum absolute atomic E-state index is 12.9. The van der Waals surface area contributed by atoms with Gasteiger partial charge in [0.15, 0.2) is 5.70 Å². The summed E-state index contributed by atoms with van der Waals surface area (Å²) in [6.07, 6.45) is -0.292. The van der Waals surface area contributed by atoms with E-state index in [1.165, 1.54) is 28.9 Å². The van der Waals surface area contributed by atoms with E-state index in [2.05, 4.69) is 10.1 Å². The third-order valence-corrected chi connectivity index (χ3v) is 4.69. The summed E-state index contributed by atoms with van der Waals surface area (Å²) in [7, 11) is 0. The molecule has 0 spiro atoms. The zero-order chi connectivity index (χ0) is 21.1. The van der Waals surface area contributed by atoms with Crippen LogP contribution in [-0.2, 0) is 6.18 Å². The van der Waals surface area contributed by atoms with E-state index < -0.39 is 11.7 Å². The molecule has 0 aliphatic rings. The zero-order valence-corrected chi connectivity index (χ0v) is 16.2. The molecule has 1 aromatic carbocycles. The highest BCUT2D eigenvalue weighted by molar-refractivity contribution is 7.98. The van der Waals surface area contributed by atoms with Gasteiger partial charge in [-0.05, 0) is 18.4 Å². The highest BCUT2D eigenvalue weighted by Gasteiger charge is 2.32. The Hall–Kier alpha value is -2.66. The number of halogens is 5. The average Bonchev–Trinajstić information content (AvgIpc) is 3.03. The van der Waals surface area contributed by atoms with Crippen LogP contribution in [0.3, 0.4) is 0 Å². The molecule has 28 heavy (non-hydrogen) atoms. The molecule has 0 amide bonds. The Bertz CT molecular complexity index is 1040. The highest BCUT2D eigenvalue weighted by Crippen LogP contribution is 2.38. The quantitative estimate of drug-likeness (QED) is 0.422. The van der Waals surface area contributed by atoms with E-state index in [0.717, 1.165) is 12.1 Å². The summed E-state index contributed by atoms with van der Waals surface area (Å²) in [6.45, 7) is 0. The van der Waals surface area contributed by atoms with Crippen molar-refractivity contribution in [2.75, 3.05) is 6.26 Å². The van der Waals surface area contributed by atoms with Crippen molar-refractivity contribution >= 4 is 41.2 Å². The lowest BCUT2D eigenvalue weighted by Crippen LogP contribution is -2.07. The maximum atomic E-state index is 12.9. The number of allylic oxidation sites excluding steroid dienone is 2. The van der Waals surface area contributed by atoms with Crippen molar-refractivity contribution < 1.29 is 13.2 Å². The Kier molecular flexibility index (Phi) is 6.62. The molecule has 0 unspecified atom stereocenters. The third-order valence-electron chi connectivity index (χ3n) is 3.32. The fraction of sp³-hybridized carbons (Fsp3) is 0.125. The molecule has 2 N–H and O–H groups in total. The molecule has 2 rings (SSSR count). The van der Waals surface area contributed by atoms with Crippen molar-refractivity contribution in [2.45, 2.75) is 11.2 Å². The topological polar surface area (TPSA) is 104 Å². The second kappa shape index (κ2) is 8.57. The van der Waals surface area contributed by atoms with Crippen LogP contribution >= 0.6 is 35.0 Å². The van der Waals surface area contributed by atoms with Crippen LogP contribution < -0.4 is 5.73 Å². The summed E-state index contributed by atoms with van der Waals surface area (Å²) in [5.41, 5.74) is 4.23. The van der Waals surface area contributed by atoms with Gasteiger partial charge in [0.1, 0.15) is 28.5 Å². The SMILES string of the molecule is CSc1c(C=NC(C#N)=C(N)C#N)cnn1-c1c(Cl)cc(C(F)(F)F)cc1Cl. The minimum absolute atomic E-state index is 0.0629. The van der Waals surface area contributed by atoms with Crippen LogP contribution in [0.15, 0.2) is 39.7 Å². The standard InChI is InChI=1S/C16H9Cl2F3N6S/c1-28-15-8(6-25-13(5-23)12(24)4-22)7-26-27(15)14-10(17)2-9(3-11(14)18)16(19,20)21/h2-3,6-7H,24H2,1H3. The molecule has 0 saturated heterocycles. The number of nitriles is 2. The van der Waals surface area contributed by atoms with Crippen molar-refractivity contribution in [3.8, 4) is 17.8 Å². The van der Waals surface area contributed by atoms with Crippen molar-refractivity contribution in [3.05, 3.63) is 50.9 Å². The number of hydrogen-bond acceptors (Lipinski definition) is 6. The lowest BCUT2D eigenvalue weighted by Gasteiger charge is -2.14. The van der Waals surface area contributed by atoms with Crippen LogP contribution in [0.1, 0.15) is 11.1 Å². The Morgan fingerprint density at radius 2 is 1.89 bits per heavy atom. The first-order chi connectivity index (χ1) is 13.1. The minimum Gasteiger partial charge on any atom is -0.388 e. The number of aromatic nitrogens is 2. The first kappa shape index (κ1) is 21.6. The van der Waals surface area contributed by atoms with Crippen molar-refractivity contribution in [3.63, 3.8) is 0 Å². The van der Waals surface area contributed by atoms with Gasteiger partial charge in [-0.15, -0.1) is 11.8 Å². The summed E-state index contributed by atoms with van der Waals surface area (Å²) < 4.78 is 40.0. The monoisotopic (exact) mass is 444 g/mol. The highest BCUT2D eigenvalue weighted by atomic mass is 35.5. The van der Waals surface area contributed by atoms with Gasteiger partial charge in [0.25, 0.3) is 0 Å². The second-order valence-electron chi connectivity index (χ2n) is 5.05. The summed E-state index contributed by atoms with van der Waals surface area (Å²) in [5.74, 6) is 0. The fourth-order valence-corrected chi connectivity index (χ4v) is 3.38. The minimum atomic E-state index is -4.60. The van der Waals surface area contributed by atoms with Crippen LogP contribution in [0.25, 0.3) is 5.69 Å². The summed E-state index contributed by atoms with van der Waals surface area (Å²) >= 11 is 13.3. The summed E-state index contributed by atoms with van der Waals surface area (Å²) in [6, 6.07) is 4.81. The van der Waals surface area contributed by atoms with E-state index in [1.807, 2.05) is 0 Å². The first-order valence-corrected chi connectivity index (χ1v) is 9.14. The van der Waals surface area contributed by atoms with Gasteiger partial charge < -0.3 is 5.73 Å². The molecule has 0 radical (unpaired) electrons. The molecule has 0 fully saturated rings. The van der Waals surface area contributed by atoms with Gasteiger partial charge in [-0.1, -0.05) is 23.2 Å². The molecule has 1 aromatic heterocycles. The maximum Gasteiger partial charge on any atom is 0.416 e. The molecule has 0 aliphatic heterocycles. The van der Waals surface area contributed by atoms with Gasteiger partial charge in [-0.3, -0.25) is 0 Å². The van der Waals surface area contributed by atoms with E-state index >= 15 is 0 Å². The third kappa shape index (κ3) is 4.42. The summed E-state index contributed by atoms with van der Waals surface area (Å²) in [5, 5.41) is 21.8. The average molecular weight is 445 g/mol. The van der Waals surface area contributed by atoms with Crippen molar-refractivity contribution in [2.24, 2.45) is 10.7 Å². The summed E-state index contributed by atoms with van der Waals surface area (Å²) in [4.78, 5) is 3.85. The van der Waals surface area contributed by atoms with Crippen LogP contribution in [0.5, 0.6) is 0 Å². The van der Waals surface area contributed by atoms with E-state index in [-0.39, 0.29) is 27.1 Å². The molecule has 1 heterocycles. The number of nitrogens with zero attached hydrogens (tertiary/aromatic N) is 5. The number of benzene rings is 1. The van der Waals surface area contributed by atoms with Crippen LogP contribution in [0, 0.1) is 22.7 Å². The second-order valence-corrected chi connectivity index (χ2v) is 6.66. The number of nitrogens with two attached hydrogens (primary N) is 1. The molecule has 2 aromatic rings. The molecule has 6 nitrogen and oxygen atoms in total. The van der Waals surface area contributed by atoms with Gasteiger partial charge in [0.05, 0.1) is 21.8 Å². The van der Waals surface area contributed by atoms with Crippen LogP contribution in [0.2, 0.25) is 10.0 Å². The van der Waals surface area contributed by atoms with Gasteiger partial charge in [0.2, 0.25) is 0 Å².